The summed E-state index contributed by atoms with van der Waals surface area (Å²) in [6.45, 7) is 4.15. The van der Waals surface area contributed by atoms with Crippen LogP contribution in [-0.4, -0.2) is 19.7 Å². The van der Waals surface area contributed by atoms with Crippen molar-refractivity contribution in [3.8, 4) is 0 Å². The van der Waals surface area contributed by atoms with E-state index in [0.717, 1.165) is 29.1 Å². The van der Waals surface area contributed by atoms with Crippen molar-refractivity contribution in [2.45, 2.75) is 44.6 Å². The summed E-state index contributed by atoms with van der Waals surface area (Å²) in [5, 5.41) is 14.8. The van der Waals surface area contributed by atoms with Gasteiger partial charge in [0.05, 0.1) is 10.6 Å². The van der Waals surface area contributed by atoms with E-state index in [4.69, 9.17) is 0 Å². The van der Waals surface area contributed by atoms with Gasteiger partial charge in [-0.05, 0) is 41.9 Å². The number of aromatic nitrogens is 3. The van der Waals surface area contributed by atoms with Crippen LogP contribution in [0.4, 0.5) is 0 Å². The number of hydrogen-bond acceptors (Lipinski definition) is 5. The molecule has 0 spiro atoms. The van der Waals surface area contributed by atoms with Gasteiger partial charge in [-0.25, -0.2) is 0 Å². The summed E-state index contributed by atoms with van der Waals surface area (Å²) in [6, 6.07) is 4.06. The molecule has 0 saturated carbocycles. The van der Waals surface area contributed by atoms with Crippen molar-refractivity contribution in [1.29, 1.82) is 0 Å². The Morgan fingerprint density at radius 2 is 2.26 bits per heavy atom. The molecule has 3 rings (SSSR count). The van der Waals surface area contributed by atoms with Crippen molar-refractivity contribution < 1.29 is 5.11 Å². The summed E-state index contributed by atoms with van der Waals surface area (Å²) in [5.74, 6) is 0.365. The van der Waals surface area contributed by atoms with Crippen molar-refractivity contribution in [1.82, 2.24) is 14.6 Å². The molecule has 1 aliphatic carbocycles. The third-order valence-electron chi connectivity index (χ3n) is 3.74. The van der Waals surface area contributed by atoms with Crippen molar-refractivity contribution in [3.63, 3.8) is 0 Å². The van der Waals surface area contributed by atoms with Crippen molar-refractivity contribution in [2.75, 3.05) is 0 Å². The molecule has 2 unspecified atom stereocenters. The molecular weight excluding hydrogens is 258 g/mol. The number of aryl methyl sites for hydroxylation is 1. The van der Waals surface area contributed by atoms with Crippen LogP contribution < -0.4 is 0 Å². The van der Waals surface area contributed by atoms with E-state index in [1.165, 1.54) is 17.1 Å². The molecule has 19 heavy (non-hydrogen) atoms. The molecule has 1 N–H and O–H groups in total. The minimum atomic E-state index is -0.534. The van der Waals surface area contributed by atoms with E-state index in [2.05, 4.69) is 34.5 Å². The Labute approximate surface area is 116 Å². The Bertz CT molecular complexity index is 582. The Kier molecular flexibility index (Phi) is 3.33. The second-order valence-corrected chi connectivity index (χ2v) is 6.10. The number of nitrogens with zero attached hydrogens (tertiary/aromatic N) is 3. The molecule has 2 aromatic heterocycles. The van der Waals surface area contributed by atoms with Gasteiger partial charge >= 0.3 is 0 Å². The van der Waals surface area contributed by atoms with Gasteiger partial charge in [-0.15, -0.1) is 5.10 Å². The van der Waals surface area contributed by atoms with Crippen LogP contribution in [0.15, 0.2) is 18.3 Å². The third kappa shape index (κ3) is 2.17. The van der Waals surface area contributed by atoms with E-state index >= 15 is 0 Å². The second-order valence-electron chi connectivity index (χ2n) is 5.31. The van der Waals surface area contributed by atoms with Crippen molar-refractivity contribution in [3.05, 3.63) is 40.2 Å². The summed E-state index contributed by atoms with van der Waals surface area (Å²) in [4.78, 5) is 5.35. The molecule has 0 saturated heterocycles. The zero-order valence-corrected chi connectivity index (χ0v) is 11.9. The summed E-state index contributed by atoms with van der Waals surface area (Å²) in [5.41, 5.74) is 3.22. The third-order valence-corrected chi connectivity index (χ3v) is 4.55. The quantitative estimate of drug-likeness (QED) is 0.935. The van der Waals surface area contributed by atoms with E-state index in [1.54, 1.807) is 6.20 Å². The van der Waals surface area contributed by atoms with Crippen molar-refractivity contribution in [2.24, 2.45) is 0 Å². The lowest BCUT2D eigenvalue weighted by molar-refractivity contribution is 0.145. The van der Waals surface area contributed by atoms with Crippen molar-refractivity contribution >= 4 is 11.5 Å². The first-order valence-corrected chi connectivity index (χ1v) is 7.39. The predicted molar refractivity (Wildman–Crippen MR) is 74.3 cm³/mol. The minimum Gasteiger partial charge on any atom is -0.387 e. The summed E-state index contributed by atoms with van der Waals surface area (Å²) < 4.78 is 4.00. The first kappa shape index (κ1) is 12.7. The van der Waals surface area contributed by atoms with E-state index in [0.29, 0.717) is 0 Å². The number of aliphatic hydroxyl groups excluding tert-OH is 1. The minimum absolute atomic E-state index is 0.0796. The number of aliphatic hydroxyl groups is 1. The molecule has 0 amide bonds. The number of rotatable bonds is 3. The lowest BCUT2D eigenvalue weighted by Crippen LogP contribution is -2.10. The van der Waals surface area contributed by atoms with Crippen LogP contribution in [-0.2, 0) is 6.42 Å². The fourth-order valence-electron chi connectivity index (χ4n) is 2.74. The smallest absolute Gasteiger partial charge is 0.100 e. The van der Waals surface area contributed by atoms with Crippen LogP contribution in [0, 0.1) is 0 Å². The summed E-state index contributed by atoms with van der Waals surface area (Å²) in [6.07, 6.45) is 3.21. The predicted octanol–water partition coefficient (Wildman–Crippen LogP) is 2.82. The van der Waals surface area contributed by atoms with E-state index in [9.17, 15) is 5.11 Å². The molecule has 2 heterocycles. The fraction of sp³-hybridized carbons (Fsp3) is 0.500. The van der Waals surface area contributed by atoms with Crippen LogP contribution in [0.2, 0.25) is 0 Å². The maximum atomic E-state index is 10.7. The fourth-order valence-corrected chi connectivity index (χ4v) is 3.60. The van der Waals surface area contributed by atoms with Crippen LogP contribution in [0.1, 0.15) is 60.0 Å². The first-order valence-electron chi connectivity index (χ1n) is 6.62. The maximum Gasteiger partial charge on any atom is 0.100 e. The molecule has 0 aliphatic heterocycles. The van der Waals surface area contributed by atoms with Crippen LogP contribution in [0.3, 0.4) is 0 Å². The number of pyridine rings is 1. The molecule has 100 valence electrons. The molecule has 0 aromatic carbocycles. The zero-order valence-electron chi connectivity index (χ0n) is 11.1. The van der Waals surface area contributed by atoms with E-state index < -0.39 is 6.10 Å². The lowest BCUT2D eigenvalue weighted by Gasteiger charge is -2.18. The van der Waals surface area contributed by atoms with Gasteiger partial charge < -0.3 is 5.11 Å². The largest absolute Gasteiger partial charge is 0.387 e. The lowest BCUT2D eigenvalue weighted by atomic mass is 9.95. The summed E-state index contributed by atoms with van der Waals surface area (Å²) in [7, 11) is 0. The first-order chi connectivity index (χ1) is 9.18. The highest BCUT2D eigenvalue weighted by Crippen LogP contribution is 2.42. The van der Waals surface area contributed by atoms with E-state index in [-0.39, 0.29) is 11.8 Å². The Morgan fingerprint density at radius 3 is 3.05 bits per heavy atom. The topological polar surface area (TPSA) is 58.9 Å². The van der Waals surface area contributed by atoms with Gasteiger partial charge in [0.1, 0.15) is 6.10 Å². The van der Waals surface area contributed by atoms with Gasteiger partial charge in [-0.2, -0.15) is 0 Å². The zero-order chi connectivity index (χ0) is 13.4. The number of fused-ring (bicyclic) bond motifs is 1. The van der Waals surface area contributed by atoms with Crippen LogP contribution in [0.25, 0.3) is 0 Å². The van der Waals surface area contributed by atoms with Gasteiger partial charge in [-0.1, -0.05) is 24.4 Å². The van der Waals surface area contributed by atoms with E-state index in [1.807, 2.05) is 6.07 Å². The maximum absolute atomic E-state index is 10.7. The molecular formula is C14H17N3OS. The average Bonchev–Trinajstić information content (AvgIpc) is 3.05. The molecule has 0 fully saturated rings. The molecule has 2 atom stereocenters. The van der Waals surface area contributed by atoms with Gasteiger partial charge in [0.15, 0.2) is 0 Å². The Hall–Kier alpha value is -1.33. The van der Waals surface area contributed by atoms with Gasteiger partial charge in [-0.3, -0.25) is 4.98 Å². The molecule has 0 bridgehead atoms. The monoisotopic (exact) mass is 275 g/mol. The Morgan fingerprint density at radius 1 is 1.42 bits per heavy atom. The Balaban J connectivity index is 1.93. The highest BCUT2D eigenvalue weighted by atomic mass is 32.1. The highest BCUT2D eigenvalue weighted by molar-refractivity contribution is 7.05. The normalized spacial score (nSPS) is 19.7. The van der Waals surface area contributed by atoms with Gasteiger partial charge in [0, 0.05) is 17.8 Å². The SMILES string of the molecule is CC(C)c1nnsc1C(O)C1CCc2cccnc21. The van der Waals surface area contributed by atoms with Crippen LogP contribution >= 0.6 is 11.5 Å². The van der Waals surface area contributed by atoms with Gasteiger partial charge in [0.25, 0.3) is 0 Å². The molecule has 2 aromatic rings. The molecule has 4 nitrogen and oxygen atoms in total. The molecule has 1 aliphatic rings. The average molecular weight is 275 g/mol. The molecule has 5 heteroatoms. The van der Waals surface area contributed by atoms with Gasteiger partial charge in [0.2, 0.25) is 0 Å². The van der Waals surface area contributed by atoms with Crippen LogP contribution in [0.5, 0.6) is 0 Å². The second kappa shape index (κ2) is 4.98. The number of hydrogen-bond donors (Lipinski definition) is 1. The molecule has 0 radical (unpaired) electrons. The summed E-state index contributed by atoms with van der Waals surface area (Å²) >= 11 is 1.31. The highest BCUT2D eigenvalue weighted by Gasteiger charge is 2.33. The standard InChI is InChI=1S/C14H17N3OS/c1-8(2)11-14(19-17-16-11)13(18)10-6-5-9-4-3-7-15-12(9)10/h3-4,7-8,10,13,18H,5-6H2,1-2H3.